The normalized spacial score (nSPS) is 16.6. The maximum atomic E-state index is 13.0. The van der Waals surface area contributed by atoms with Crippen LogP contribution in [0.15, 0.2) is 42.5 Å². The number of carbonyl (C=O) groups is 2. The molecule has 0 radical (unpaired) electrons. The van der Waals surface area contributed by atoms with Gasteiger partial charge in [0.25, 0.3) is 0 Å². The molecule has 0 aromatic heterocycles. The van der Waals surface area contributed by atoms with Crippen LogP contribution in [-0.4, -0.2) is 80.0 Å². The summed E-state index contributed by atoms with van der Waals surface area (Å²) < 4.78 is 38.0. The van der Waals surface area contributed by atoms with E-state index in [1.165, 1.54) is 0 Å². The van der Waals surface area contributed by atoms with Crippen molar-refractivity contribution in [2.24, 2.45) is 0 Å². The molecule has 0 spiro atoms. The van der Waals surface area contributed by atoms with Gasteiger partial charge in [-0.2, -0.15) is 8.42 Å². The number of hydrogen-bond acceptors (Lipinski definition) is 6. The Labute approximate surface area is 188 Å². The Morgan fingerprint density at radius 2 is 1.47 bits per heavy atom. The lowest BCUT2D eigenvalue weighted by atomic mass is 9.83. The van der Waals surface area contributed by atoms with E-state index in [1.54, 1.807) is 30.3 Å². The maximum Gasteiger partial charge on any atom is 0.394 e. The zero-order valence-electron chi connectivity index (χ0n) is 18.1. The summed E-state index contributed by atoms with van der Waals surface area (Å²) in [6, 6.07) is 12.5. The SMILES string of the molecule is C[N+]1(CCNc2cccc3c2C(=O)c2ccccc2C3=O)CCOCC1.O=S(=O)(O)O.[CH3-]. The van der Waals surface area contributed by atoms with Gasteiger partial charge in [0.1, 0.15) is 13.1 Å². The van der Waals surface area contributed by atoms with Gasteiger partial charge in [-0.15, -0.1) is 0 Å². The molecule has 0 unspecified atom stereocenters. The fraction of sp³-hybridized carbons (Fsp3) is 0.318. The van der Waals surface area contributed by atoms with E-state index >= 15 is 0 Å². The first-order chi connectivity index (χ1) is 14.6. The molecule has 1 saturated heterocycles. The second kappa shape index (κ2) is 10.3. The zero-order valence-corrected chi connectivity index (χ0v) is 18.9. The lowest BCUT2D eigenvalue weighted by Crippen LogP contribution is -2.53. The van der Waals surface area contributed by atoms with Crippen molar-refractivity contribution in [3.05, 3.63) is 72.1 Å². The lowest BCUT2D eigenvalue weighted by Gasteiger charge is -2.37. The second-order valence-corrected chi connectivity index (χ2v) is 8.60. The van der Waals surface area contributed by atoms with Gasteiger partial charge in [-0.05, 0) is 6.07 Å². The van der Waals surface area contributed by atoms with Crippen LogP contribution in [0.4, 0.5) is 5.69 Å². The van der Waals surface area contributed by atoms with Crippen LogP contribution in [0.25, 0.3) is 0 Å². The summed E-state index contributed by atoms with van der Waals surface area (Å²) in [6.45, 7) is 5.28. The molecule has 174 valence electrons. The van der Waals surface area contributed by atoms with E-state index in [-0.39, 0.29) is 19.0 Å². The summed E-state index contributed by atoms with van der Waals surface area (Å²) in [5.41, 5.74) is 2.72. The molecule has 1 aliphatic carbocycles. The van der Waals surface area contributed by atoms with Crippen LogP contribution < -0.4 is 5.32 Å². The molecule has 0 saturated carbocycles. The van der Waals surface area contributed by atoms with E-state index in [9.17, 15) is 9.59 Å². The van der Waals surface area contributed by atoms with Gasteiger partial charge in [0.2, 0.25) is 0 Å². The number of fused-ring (bicyclic) bond motifs is 2. The Kier molecular flexibility index (Phi) is 8.27. The summed E-state index contributed by atoms with van der Waals surface area (Å²) >= 11 is 0. The number of benzene rings is 2. The van der Waals surface area contributed by atoms with E-state index < -0.39 is 10.4 Å². The van der Waals surface area contributed by atoms with Crippen LogP contribution in [0.2, 0.25) is 0 Å². The highest BCUT2D eigenvalue weighted by Crippen LogP contribution is 2.31. The predicted octanol–water partition coefficient (Wildman–Crippen LogP) is 2.15. The molecule has 9 nitrogen and oxygen atoms in total. The van der Waals surface area contributed by atoms with Crippen molar-refractivity contribution >= 4 is 27.7 Å². The van der Waals surface area contributed by atoms with E-state index in [0.717, 1.165) is 49.6 Å². The number of anilines is 1. The van der Waals surface area contributed by atoms with Crippen molar-refractivity contribution in [2.45, 2.75) is 0 Å². The highest BCUT2D eigenvalue weighted by atomic mass is 32.3. The number of carbonyl (C=O) groups excluding carboxylic acids is 2. The van der Waals surface area contributed by atoms with Gasteiger partial charge in [0.05, 0.1) is 38.9 Å². The van der Waals surface area contributed by atoms with Gasteiger partial charge in [-0.25, -0.2) is 0 Å². The first-order valence-electron chi connectivity index (χ1n) is 9.75. The molecule has 2 aliphatic rings. The van der Waals surface area contributed by atoms with E-state index in [2.05, 4.69) is 12.4 Å². The summed E-state index contributed by atoms with van der Waals surface area (Å²) in [5, 5.41) is 3.40. The summed E-state index contributed by atoms with van der Waals surface area (Å²) in [5.74, 6) is -0.156. The van der Waals surface area contributed by atoms with Gasteiger partial charge in [-0.3, -0.25) is 18.7 Å². The fourth-order valence-corrected chi connectivity index (χ4v) is 3.76. The van der Waals surface area contributed by atoms with Crippen LogP contribution in [0, 0.1) is 7.43 Å². The molecule has 1 fully saturated rings. The summed E-state index contributed by atoms with van der Waals surface area (Å²) in [4.78, 5) is 25.8. The molecule has 0 bridgehead atoms. The molecular weight excluding hydrogens is 436 g/mol. The smallest absolute Gasteiger partial charge is 0.379 e. The highest BCUT2D eigenvalue weighted by Gasteiger charge is 2.31. The summed E-state index contributed by atoms with van der Waals surface area (Å²) in [7, 11) is -2.43. The average molecular weight is 465 g/mol. The largest absolute Gasteiger partial charge is 0.394 e. The molecule has 3 N–H and O–H groups in total. The Balaban J connectivity index is 0.000000548. The number of ketones is 2. The van der Waals surface area contributed by atoms with Gasteiger partial charge in [0, 0.05) is 22.4 Å². The maximum absolute atomic E-state index is 13.0. The van der Waals surface area contributed by atoms with Gasteiger partial charge in [-0.1, -0.05) is 36.4 Å². The Morgan fingerprint density at radius 3 is 2.06 bits per heavy atom. The van der Waals surface area contributed by atoms with Crippen molar-refractivity contribution in [3.63, 3.8) is 0 Å². The molecule has 0 amide bonds. The van der Waals surface area contributed by atoms with E-state index in [4.69, 9.17) is 22.3 Å². The monoisotopic (exact) mass is 464 g/mol. The Hall–Kier alpha value is -2.63. The number of quaternary nitrogens is 1. The standard InChI is InChI=1S/C21H22N2O3.CH3.H2O4S/c1-23(11-13-26-14-12-23)10-9-22-18-8-4-7-17-19(18)21(25)16-6-3-2-5-15(16)20(17)24;;1-5(2,3)4/h2-8H,9-14H2,1H3;1H3;(H2,1,2,3,4)/q;-1;/p+1. The van der Waals surface area contributed by atoms with Crippen LogP contribution in [0.1, 0.15) is 31.8 Å². The molecule has 1 heterocycles. The van der Waals surface area contributed by atoms with E-state index in [1.807, 2.05) is 12.1 Å². The molecule has 2 aromatic rings. The number of hydrogen-bond donors (Lipinski definition) is 3. The first kappa shape index (κ1) is 25.6. The predicted molar refractivity (Wildman–Crippen MR) is 120 cm³/mol. The topological polar surface area (TPSA) is 130 Å². The van der Waals surface area contributed by atoms with Crippen molar-refractivity contribution in [1.82, 2.24) is 0 Å². The minimum absolute atomic E-state index is 0. The number of morpholine rings is 1. The van der Waals surface area contributed by atoms with Crippen LogP contribution in [0.3, 0.4) is 0 Å². The number of rotatable bonds is 4. The third-order valence-corrected chi connectivity index (χ3v) is 5.47. The van der Waals surface area contributed by atoms with Gasteiger partial charge >= 0.3 is 10.4 Å². The van der Waals surface area contributed by atoms with Crippen molar-refractivity contribution in [2.75, 3.05) is 51.8 Å². The van der Waals surface area contributed by atoms with Crippen molar-refractivity contribution < 1.29 is 36.3 Å². The molecule has 32 heavy (non-hydrogen) atoms. The molecular formula is C22H28N2O7S. The summed E-state index contributed by atoms with van der Waals surface area (Å²) in [6.07, 6.45) is 0. The average Bonchev–Trinajstić information content (AvgIpc) is 2.71. The molecule has 10 heteroatoms. The molecule has 0 atom stereocenters. The first-order valence-corrected chi connectivity index (χ1v) is 11.2. The minimum atomic E-state index is -4.67. The van der Waals surface area contributed by atoms with Gasteiger partial charge < -0.3 is 22.0 Å². The minimum Gasteiger partial charge on any atom is -0.379 e. The van der Waals surface area contributed by atoms with Crippen molar-refractivity contribution in [3.8, 4) is 0 Å². The number of ether oxygens (including phenoxy) is 1. The Bertz CT molecular complexity index is 1090. The molecule has 4 rings (SSSR count). The second-order valence-electron chi connectivity index (χ2n) is 7.71. The number of nitrogens with one attached hydrogen (secondary N) is 1. The third-order valence-electron chi connectivity index (χ3n) is 5.47. The quantitative estimate of drug-likeness (QED) is 0.304. The molecule has 1 aliphatic heterocycles. The Morgan fingerprint density at radius 1 is 0.938 bits per heavy atom. The van der Waals surface area contributed by atoms with Crippen molar-refractivity contribution in [1.29, 1.82) is 0 Å². The third kappa shape index (κ3) is 6.21. The number of nitrogens with zero attached hydrogens (tertiary/aromatic N) is 1. The number of likely N-dealkylation sites (N-methyl/N-ethyl adjacent to an activating group) is 1. The van der Waals surface area contributed by atoms with Crippen LogP contribution >= 0.6 is 0 Å². The van der Waals surface area contributed by atoms with Crippen LogP contribution in [0.5, 0.6) is 0 Å². The van der Waals surface area contributed by atoms with Gasteiger partial charge in [0.15, 0.2) is 11.6 Å². The molecule has 2 aromatic carbocycles. The fourth-order valence-electron chi connectivity index (χ4n) is 3.76. The highest BCUT2D eigenvalue weighted by molar-refractivity contribution is 7.79. The van der Waals surface area contributed by atoms with Crippen LogP contribution in [-0.2, 0) is 15.1 Å². The zero-order chi connectivity index (χ0) is 22.6. The lowest BCUT2D eigenvalue weighted by molar-refractivity contribution is -0.915. The van der Waals surface area contributed by atoms with E-state index in [0.29, 0.717) is 22.3 Å².